The molecule has 0 saturated carbocycles. The van der Waals surface area contributed by atoms with Gasteiger partial charge in [-0.15, -0.1) is 6.58 Å². The summed E-state index contributed by atoms with van der Waals surface area (Å²) in [5.74, 6) is -4.09. The first-order valence-corrected chi connectivity index (χ1v) is 7.72. The third kappa shape index (κ3) is 5.08. The number of allylic oxidation sites excluding steroid dienone is 1. The molecule has 1 aromatic carbocycles. The molecule has 25 heavy (non-hydrogen) atoms. The summed E-state index contributed by atoms with van der Waals surface area (Å²) in [6, 6.07) is 2.96. The van der Waals surface area contributed by atoms with Crippen molar-refractivity contribution >= 4 is 28.1 Å². The summed E-state index contributed by atoms with van der Waals surface area (Å²) in [7, 11) is -5.89. The molecule has 0 radical (unpaired) electrons. The van der Waals surface area contributed by atoms with Crippen molar-refractivity contribution in [3.63, 3.8) is 0 Å². The van der Waals surface area contributed by atoms with Gasteiger partial charge in [0.05, 0.1) is 0 Å². The molecule has 136 valence electrons. The molecule has 0 aliphatic carbocycles. The molecule has 1 aromatic rings. The first kappa shape index (κ1) is 20.2. The highest BCUT2D eigenvalue weighted by Crippen LogP contribution is 2.30. The Kier molecular flexibility index (Phi) is 5.97. The van der Waals surface area contributed by atoms with Crippen LogP contribution in [0.3, 0.4) is 0 Å². The Morgan fingerprint density at radius 1 is 1.20 bits per heavy atom. The lowest BCUT2D eigenvalue weighted by molar-refractivity contribution is -0.140. The summed E-state index contributed by atoms with van der Waals surface area (Å²) >= 11 is 0. The summed E-state index contributed by atoms with van der Waals surface area (Å²) in [6.45, 7) is 3.36. The van der Waals surface area contributed by atoms with Gasteiger partial charge in [-0.1, -0.05) is 12.1 Å². The van der Waals surface area contributed by atoms with Gasteiger partial charge in [0.15, 0.2) is 0 Å². The predicted molar refractivity (Wildman–Crippen MR) is 79.2 cm³/mol. The molecule has 11 heteroatoms. The second kappa shape index (κ2) is 7.38. The number of benzene rings is 1. The monoisotopic (exact) mass is 380 g/mol. The summed E-state index contributed by atoms with van der Waals surface area (Å²) in [5, 5.41) is 17.6. The highest BCUT2D eigenvalue weighted by Gasteiger charge is 2.48. The molecular formula is C14H11F3O7S. The normalized spacial score (nSPS) is 11.5. The smallest absolute Gasteiger partial charge is 0.477 e. The Bertz CT molecular complexity index is 822. The van der Waals surface area contributed by atoms with Gasteiger partial charge in [-0.05, 0) is 30.2 Å². The van der Waals surface area contributed by atoms with Crippen molar-refractivity contribution in [1.82, 2.24) is 0 Å². The summed E-state index contributed by atoms with van der Waals surface area (Å²) in [4.78, 5) is 21.7. The number of carboxylic acid groups (broad SMARTS) is 2. The van der Waals surface area contributed by atoms with Gasteiger partial charge in [0.2, 0.25) is 0 Å². The van der Waals surface area contributed by atoms with Crippen LogP contribution in [0.2, 0.25) is 0 Å². The average Bonchev–Trinajstić information content (AvgIpc) is 2.45. The van der Waals surface area contributed by atoms with Gasteiger partial charge in [-0.3, -0.25) is 0 Å². The molecule has 0 saturated heterocycles. The summed E-state index contributed by atoms with van der Waals surface area (Å²) < 4.78 is 63.4. The van der Waals surface area contributed by atoms with E-state index in [4.69, 9.17) is 10.2 Å². The molecule has 0 fully saturated rings. The summed E-state index contributed by atoms with van der Waals surface area (Å²) in [5.41, 5.74) is -6.67. The van der Waals surface area contributed by atoms with Crippen molar-refractivity contribution in [2.45, 2.75) is 11.9 Å². The largest absolute Gasteiger partial charge is 0.534 e. The molecule has 0 heterocycles. The predicted octanol–water partition coefficient (Wildman–Crippen LogP) is 2.20. The number of carboxylic acids is 2. The van der Waals surface area contributed by atoms with E-state index in [0.717, 1.165) is 24.3 Å². The highest BCUT2D eigenvalue weighted by molar-refractivity contribution is 7.88. The SMILES string of the molecule is C=CCc1cc(C=C(C(=O)O)C(=O)O)ccc1OS(=O)(=O)C(F)(F)F. The number of hydrogen-bond acceptors (Lipinski definition) is 5. The maximum absolute atomic E-state index is 12.4. The van der Waals surface area contributed by atoms with Gasteiger partial charge < -0.3 is 14.4 Å². The molecule has 0 atom stereocenters. The van der Waals surface area contributed by atoms with Gasteiger partial charge in [0, 0.05) is 5.56 Å². The molecule has 0 spiro atoms. The van der Waals surface area contributed by atoms with E-state index in [-0.39, 0.29) is 17.5 Å². The molecule has 2 N–H and O–H groups in total. The summed E-state index contributed by atoms with van der Waals surface area (Å²) in [6.07, 6.45) is 1.89. The van der Waals surface area contributed by atoms with Crippen LogP contribution in [0.25, 0.3) is 6.08 Å². The lowest BCUT2D eigenvalue weighted by atomic mass is 10.0. The minimum Gasteiger partial charge on any atom is -0.477 e. The Balaban J connectivity index is 3.38. The van der Waals surface area contributed by atoms with Gasteiger partial charge in [0.25, 0.3) is 0 Å². The zero-order valence-electron chi connectivity index (χ0n) is 12.3. The number of hydrogen-bond donors (Lipinski definition) is 2. The van der Waals surface area contributed by atoms with Crippen LogP contribution in [0.5, 0.6) is 5.75 Å². The van der Waals surface area contributed by atoms with Crippen molar-refractivity contribution in [3.05, 3.63) is 47.6 Å². The Morgan fingerprint density at radius 2 is 1.76 bits per heavy atom. The van der Waals surface area contributed by atoms with Crippen LogP contribution in [0, 0.1) is 0 Å². The quantitative estimate of drug-likeness (QED) is 0.186. The minimum absolute atomic E-state index is 0.00778. The molecule has 0 bridgehead atoms. The van der Waals surface area contributed by atoms with Crippen molar-refractivity contribution < 1.29 is 45.6 Å². The van der Waals surface area contributed by atoms with Crippen molar-refractivity contribution in [2.75, 3.05) is 0 Å². The van der Waals surface area contributed by atoms with E-state index in [1.807, 2.05) is 0 Å². The first-order valence-electron chi connectivity index (χ1n) is 6.32. The second-order valence-electron chi connectivity index (χ2n) is 4.51. The van der Waals surface area contributed by atoms with Crippen molar-refractivity contribution in [3.8, 4) is 5.75 Å². The maximum atomic E-state index is 12.4. The van der Waals surface area contributed by atoms with Gasteiger partial charge in [0.1, 0.15) is 11.3 Å². The Morgan fingerprint density at radius 3 is 2.20 bits per heavy atom. The Labute approximate surface area is 139 Å². The first-order chi connectivity index (χ1) is 11.4. The standard InChI is InChI=1S/C14H11F3O7S/c1-2-3-9-6-8(7-10(12(18)19)13(20)21)4-5-11(9)24-25(22,23)14(15,16)17/h2,4-7H,1,3H2,(H,18,19)(H,20,21). The maximum Gasteiger partial charge on any atom is 0.534 e. The van der Waals surface area contributed by atoms with Crippen molar-refractivity contribution in [1.29, 1.82) is 0 Å². The van der Waals surface area contributed by atoms with Crippen LogP contribution >= 0.6 is 0 Å². The third-order valence-corrected chi connectivity index (χ3v) is 3.67. The van der Waals surface area contributed by atoms with Crippen LogP contribution < -0.4 is 4.18 Å². The minimum atomic E-state index is -5.89. The molecule has 0 amide bonds. The van der Waals surface area contributed by atoms with Gasteiger partial charge in [-0.25, -0.2) is 9.59 Å². The van der Waals surface area contributed by atoms with E-state index in [1.54, 1.807) is 0 Å². The van der Waals surface area contributed by atoms with Crippen molar-refractivity contribution in [2.24, 2.45) is 0 Å². The van der Waals surface area contributed by atoms with Crippen LogP contribution in [0.4, 0.5) is 13.2 Å². The Hall–Kier alpha value is -2.82. The fourth-order valence-corrected chi connectivity index (χ4v) is 2.13. The van der Waals surface area contributed by atoms with Crippen LogP contribution in [-0.2, 0) is 26.1 Å². The second-order valence-corrected chi connectivity index (χ2v) is 6.05. The van der Waals surface area contributed by atoms with E-state index in [9.17, 15) is 31.2 Å². The molecule has 0 aromatic heterocycles. The fraction of sp³-hybridized carbons (Fsp3) is 0.143. The lowest BCUT2D eigenvalue weighted by Gasteiger charge is -2.13. The number of carbonyl (C=O) groups is 2. The number of rotatable bonds is 7. The highest BCUT2D eigenvalue weighted by atomic mass is 32.2. The van der Waals surface area contributed by atoms with Gasteiger partial charge in [-0.2, -0.15) is 21.6 Å². The van der Waals surface area contributed by atoms with Crippen LogP contribution in [0.15, 0.2) is 36.4 Å². The van der Waals surface area contributed by atoms with E-state index in [1.165, 1.54) is 6.08 Å². The lowest BCUT2D eigenvalue weighted by Crippen LogP contribution is -2.28. The molecule has 0 unspecified atom stereocenters. The zero-order chi connectivity index (χ0) is 19.4. The average molecular weight is 380 g/mol. The van der Waals surface area contributed by atoms with E-state index < -0.39 is 38.9 Å². The third-order valence-electron chi connectivity index (χ3n) is 2.70. The molecule has 1 rings (SSSR count). The fourth-order valence-electron chi connectivity index (χ4n) is 1.63. The molecular weight excluding hydrogens is 369 g/mol. The number of halogens is 3. The zero-order valence-corrected chi connectivity index (χ0v) is 13.1. The molecule has 0 aliphatic rings. The van der Waals surface area contributed by atoms with E-state index in [0.29, 0.717) is 0 Å². The van der Waals surface area contributed by atoms with Crippen LogP contribution in [-0.4, -0.2) is 36.1 Å². The number of aliphatic carboxylic acids is 2. The van der Waals surface area contributed by atoms with Gasteiger partial charge >= 0.3 is 27.6 Å². The molecule has 0 aliphatic heterocycles. The van der Waals surface area contributed by atoms with E-state index >= 15 is 0 Å². The van der Waals surface area contributed by atoms with Crippen LogP contribution in [0.1, 0.15) is 11.1 Å². The topological polar surface area (TPSA) is 118 Å². The number of alkyl halides is 3. The van der Waals surface area contributed by atoms with E-state index in [2.05, 4.69) is 10.8 Å². The molecule has 7 nitrogen and oxygen atoms in total.